The lowest BCUT2D eigenvalue weighted by Gasteiger charge is -2.20. The largest absolute Gasteiger partial charge is 0.421 e. The van der Waals surface area contributed by atoms with Gasteiger partial charge in [0.05, 0.1) is 11.9 Å². The number of nitrogens with two attached hydrogens (primary N) is 1. The zero-order valence-corrected chi connectivity index (χ0v) is 11.8. The van der Waals surface area contributed by atoms with Crippen LogP contribution in [-0.4, -0.2) is 19.7 Å². The van der Waals surface area contributed by atoms with E-state index in [1.807, 2.05) is 48.0 Å². The number of benzene rings is 1. The van der Waals surface area contributed by atoms with E-state index in [-0.39, 0.29) is 0 Å². The van der Waals surface area contributed by atoms with Gasteiger partial charge in [0.2, 0.25) is 11.8 Å². The molecular weight excluding hydrogens is 266 g/mol. The lowest BCUT2D eigenvalue weighted by Crippen LogP contribution is -2.35. The van der Waals surface area contributed by atoms with Crippen LogP contribution in [0.1, 0.15) is 24.3 Å². The third kappa shape index (κ3) is 3.17. The molecule has 2 aromatic heterocycles. The molecule has 0 aliphatic carbocycles. The SMILES string of the molecule is C[C@@](N)(Cc1ccccc1)c1nnc(Cn2ccnc2)o1. The normalized spacial score (nSPS) is 14.0. The number of hydrogen-bond acceptors (Lipinski definition) is 5. The van der Waals surface area contributed by atoms with Crippen molar-refractivity contribution in [2.45, 2.75) is 25.4 Å². The third-order valence-electron chi connectivity index (χ3n) is 3.25. The molecule has 0 unspecified atom stereocenters. The van der Waals surface area contributed by atoms with Crippen molar-refractivity contribution in [1.82, 2.24) is 19.7 Å². The fourth-order valence-corrected chi connectivity index (χ4v) is 2.18. The van der Waals surface area contributed by atoms with E-state index in [4.69, 9.17) is 10.2 Å². The van der Waals surface area contributed by atoms with Crippen LogP contribution in [0.2, 0.25) is 0 Å². The van der Waals surface area contributed by atoms with Crippen molar-refractivity contribution in [2.24, 2.45) is 5.73 Å². The van der Waals surface area contributed by atoms with Gasteiger partial charge in [-0.2, -0.15) is 0 Å². The van der Waals surface area contributed by atoms with E-state index in [2.05, 4.69) is 15.2 Å². The Bertz CT molecular complexity index is 688. The van der Waals surface area contributed by atoms with Crippen LogP contribution in [-0.2, 0) is 18.5 Å². The minimum absolute atomic E-state index is 0.446. The molecule has 3 rings (SSSR count). The van der Waals surface area contributed by atoms with E-state index in [0.717, 1.165) is 5.56 Å². The summed E-state index contributed by atoms with van der Waals surface area (Å²) in [5.41, 5.74) is 6.78. The Labute approximate surface area is 122 Å². The Balaban J connectivity index is 1.75. The van der Waals surface area contributed by atoms with E-state index in [1.54, 1.807) is 12.5 Å². The van der Waals surface area contributed by atoms with Gasteiger partial charge in [0.15, 0.2) is 0 Å². The molecule has 1 aromatic carbocycles. The summed E-state index contributed by atoms with van der Waals surface area (Å²) in [7, 11) is 0. The highest BCUT2D eigenvalue weighted by atomic mass is 16.4. The summed E-state index contributed by atoms with van der Waals surface area (Å²) in [4.78, 5) is 3.98. The maximum atomic E-state index is 6.34. The molecule has 108 valence electrons. The van der Waals surface area contributed by atoms with Crippen LogP contribution in [0.15, 0.2) is 53.5 Å². The molecular formula is C15H17N5O. The van der Waals surface area contributed by atoms with Gasteiger partial charge in [-0.15, -0.1) is 10.2 Å². The first-order chi connectivity index (χ1) is 10.1. The highest BCUT2D eigenvalue weighted by Gasteiger charge is 2.28. The van der Waals surface area contributed by atoms with Crippen molar-refractivity contribution >= 4 is 0 Å². The predicted octanol–water partition coefficient (Wildman–Crippen LogP) is 1.73. The van der Waals surface area contributed by atoms with E-state index >= 15 is 0 Å². The molecule has 3 aromatic rings. The van der Waals surface area contributed by atoms with Crippen LogP contribution in [0.5, 0.6) is 0 Å². The third-order valence-corrected chi connectivity index (χ3v) is 3.25. The van der Waals surface area contributed by atoms with Crippen LogP contribution >= 0.6 is 0 Å². The molecule has 21 heavy (non-hydrogen) atoms. The molecule has 2 heterocycles. The first-order valence-electron chi connectivity index (χ1n) is 6.75. The summed E-state index contributed by atoms with van der Waals surface area (Å²) >= 11 is 0. The van der Waals surface area contributed by atoms with Gasteiger partial charge in [-0.1, -0.05) is 30.3 Å². The molecule has 0 aliphatic heterocycles. The topological polar surface area (TPSA) is 82.8 Å². The Morgan fingerprint density at radius 2 is 2.05 bits per heavy atom. The molecule has 0 spiro atoms. The summed E-state index contributed by atoms with van der Waals surface area (Å²) in [6, 6.07) is 10.0. The minimum atomic E-state index is -0.693. The van der Waals surface area contributed by atoms with Crippen molar-refractivity contribution in [3.05, 3.63) is 66.4 Å². The maximum absolute atomic E-state index is 6.34. The highest BCUT2D eigenvalue weighted by Crippen LogP contribution is 2.21. The number of rotatable bonds is 5. The van der Waals surface area contributed by atoms with Crippen molar-refractivity contribution in [3.63, 3.8) is 0 Å². The Hall–Kier alpha value is -2.47. The molecule has 6 nitrogen and oxygen atoms in total. The summed E-state index contributed by atoms with van der Waals surface area (Å²) in [6.07, 6.45) is 5.89. The quantitative estimate of drug-likeness (QED) is 0.771. The standard InChI is InChI=1S/C15H17N5O/c1-15(16,9-12-5-3-2-4-6-12)14-19-18-13(21-14)10-20-8-7-17-11-20/h2-8,11H,9-10,16H2,1H3/t15-/m1/s1. The molecule has 0 aliphatic rings. The van der Waals surface area contributed by atoms with E-state index in [0.29, 0.717) is 24.7 Å². The van der Waals surface area contributed by atoms with E-state index < -0.39 is 5.54 Å². The molecule has 0 bridgehead atoms. The number of nitrogens with zero attached hydrogens (tertiary/aromatic N) is 4. The van der Waals surface area contributed by atoms with Crippen LogP contribution in [0.25, 0.3) is 0 Å². The van der Waals surface area contributed by atoms with Crippen LogP contribution < -0.4 is 5.73 Å². The fraction of sp³-hybridized carbons (Fsp3) is 0.267. The molecule has 0 fully saturated rings. The minimum Gasteiger partial charge on any atom is -0.421 e. The molecule has 0 amide bonds. The number of imidazole rings is 1. The Morgan fingerprint density at radius 3 is 2.76 bits per heavy atom. The van der Waals surface area contributed by atoms with Gasteiger partial charge < -0.3 is 14.7 Å². The average molecular weight is 283 g/mol. The summed E-state index contributed by atoms with van der Waals surface area (Å²) in [5, 5.41) is 8.14. The van der Waals surface area contributed by atoms with Gasteiger partial charge in [0, 0.05) is 12.4 Å². The number of aromatic nitrogens is 4. The molecule has 0 radical (unpaired) electrons. The predicted molar refractivity (Wildman–Crippen MR) is 77.3 cm³/mol. The number of hydrogen-bond donors (Lipinski definition) is 1. The first-order valence-corrected chi connectivity index (χ1v) is 6.75. The van der Waals surface area contributed by atoms with Crippen molar-refractivity contribution < 1.29 is 4.42 Å². The monoisotopic (exact) mass is 283 g/mol. The van der Waals surface area contributed by atoms with Crippen molar-refractivity contribution in [3.8, 4) is 0 Å². The second-order valence-electron chi connectivity index (χ2n) is 5.32. The van der Waals surface area contributed by atoms with Crippen LogP contribution in [0.3, 0.4) is 0 Å². The van der Waals surface area contributed by atoms with Crippen molar-refractivity contribution in [2.75, 3.05) is 0 Å². The fourth-order valence-electron chi connectivity index (χ4n) is 2.18. The lowest BCUT2D eigenvalue weighted by atomic mass is 9.94. The lowest BCUT2D eigenvalue weighted by molar-refractivity contribution is 0.333. The maximum Gasteiger partial charge on any atom is 0.236 e. The van der Waals surface area contributed by atoms with Crippen molar-refractivity contribution in [1.29, 1.82) is 0 Å². The van der Waals surface area contributed by atoms with E-state index in [1.165, 1.54) is 0 Å². The van der Waals surface area contributed by atoms with Gasteiger partial charge in [-0.3, -0.25) is 0 Å². The molecule has 0 saturated heterocycles. The first kappa shape index (κ1) is 13.5. The van der Waals surface area contributed by atoms with Gasteiger partial charge in [-0.05, 0) is 18.9 Å². The molecule has 0 saturated carbocycles. The van der Waals surface area contributed by atoms with Crippen LogP contribution in [0.4, 0.5) is 0 Å². The average Bonchev–Trinajstić information content (AvgIpc) is 3.12. The summed E-state index contributed by atoms with van der Waals surface area (Å²) in [5.74, 6) is 0.967. The smallest absolute Gasteiger partial charge is 0.236 e. The summed E-state index contributed by atoms with van der Waals surface area (Å²) in [6.45, 7) is 2.39. The second kappa shape index (κ2) is 5.49. The van der Waals surface area contributed by atoms with Gasteiger partial charge in [0.25, 0.3) is 0 Å². The highest BCUT2D eigenvalue weighted by molar-refractivity contribution is 5.19. The van der Waals surface area contributed by atoms with E-state index in [9.17, 15) is 0 Å². The zero-order chi connectivity index (χ0) is 14.7. The van der Waals surface area contributed by atoms with Gasteiger partial charge in [-0.25, -0.2) is 4.98 Å². The molecule has 6 heteroatoms. The molecule has 1 atom stereocenters. The van der Waals surface area contributed by atoms with Gasteiger partial charge >= 0.3 is 0 Å². The van der Waals surface area contributed by atoms with Crippen LogP contribution in [0, 0.1) is 0 Å². The Morgan fingerprint density at radius 1 is 1.24 bits per heavy atom. The summed E-state index contributed by atoms with van der Waals surface area (Å²) < 4.78 is 7.56. The second-order valence-corrected chi connectivity index (χ2v) is 5.32. The molecule has 2 N–H and O–H groups in total. The zero-order valence-electron chi connectivity index (χ0n) is 11.8. The van der Waals surface area contributed by atoms with Gasteiger partial charge in [0.1, 0.15) is 6.54 Å². The Kier molecular flexibility index (Phi) is 3.53.